The number of furan rings is 1. The topological polar surface area (TPSA) is 83.8 Å². The Kier molecular flexibility index (Phi) is 6.81. The van der Waals surface area contributed by atoms with E-state index in [-0.39, 0.29) is 23.1 Å². The summed E-state index contributed by atoms with van der Waals surface area (Å²) in [6.45, 7) is 8.57. The van der Waals surface area contributed by atoms with Crippen LogP contribution in [-0.4, -0.2) is 61.6 Å². The molecule has 0 atom stereocenters. The van der Waals surface area contributed by atoms with E-state index in [0.717, 1.165) is 26.3 Å². The summed E-state index contributed by atoms with van der Waals surface area (Å²) in [5, 5.41) is 5.71. The molecule has 0 unspecified atom stereocenters. The molecule has 7 nitrogen and oxygen atoms in total. The first-order valence-corrected chi connectivity index (χ1v) is 8.40. The van der Waals surface area contributed by atoms with Crippen molar-refractivity contribution in [2.24, 2.45) is 0 Å². The van der Waals surface area contributed by atoms with Gasteiger partial charge in [0.1, 0.15) is 0 Å². The smallest absolute Gasteiger partial charge is 0.286 e. The van der Waals surface area contributed by atoms with E-state index in [1.165, 1.54) is 6.26 Å². The predicted octanol–water partition coefficient (Wildman–Crippen LogP) is 1.02. The van der Waals surface area contributed by atoms with Gasteiger partial charge in [-0.15, -0.1) is 0 Å². The Bertz CT molecular complexity index is 522. The molecule has 2 heterocycles. The second-order valence-electron chi connectivity index (χ2n) is 6.53. The second-order valence-corrected chi connectivity index (χ2v) is 6.53. The average Bonchev–Trinajstić information content (AvgIpc) is 3.12. The Labute approximate surface area is 142 Å². The number of hydrogen-bond acceptors (Lipinski definition) is 5. The van der Waals surface area contributed by atoms with Crippen LogP contribution >= 0.6 is 0 Å². The molecular formula is C17H27N3O4. The Morgan fingerprint density at radius 2 is 2.00 bits per heavy atom. The second kappa shape index (κ2) is 8.84. The maximum atomic E-state index is 12.0. The monoisotopic (exact) mass is 337 g/mol. The van der Waals surface area contributed by atoms with Gasteiger partial charge in [-0.25, -0.2) is 0 Å². The van der Waals surface area contributed by atoms with Crippen molar-refractivity contribution in [2.75, 3.05) is 39.4 Å². The molecule has 1 fully saturated rings. The van der Waals surface area contributed by atoms with Crippen molar-refractivity contribution in [2.45, 2.75) is 32.2 Å². The highest BCUT2D eigenvalue weighted by Crippen LogP contribution is 2.15. The highest BCUT2D eigenvalue weighted by atomic mass is 16.5. The molecule has 1 aromatic heterocycles. The molecule has 134 valence electrons. The van der Waals surface area contributed by atoms with Gasteiger partial charge >= 0.3 is 0 Å². The molecule has 1 aromatic rings. The Morgan fingerprint density at radius 3 is 2.67 bits per heavy atom. The van der Waals surface area contributed by atoms with Gasteiger partial charge in [0.15, 0.2) is 5.76 Å². The zero-order valence-corrected chi connectivity index (χ0v) is 14.5. The lowest BCUT2D eigenvalue weighted by molar-refractivity contribution is -0.122. The number of carbonyl (C=O) groups excluding carboxylic acids is 2. The molecule has 1 saturated heterocycles. The lowest BCUT2D eigenvalue weighted by Crippen LogP contribution is -2.55. The van der Waals surface area contributed by atoms with Gasteiger partial charge in [-0.2, -0.15) is 0 Å². The number of ether oxygens (including phenoxy) is 1. The van der Waals surface area contributed by atoms with Crippen LogP contribution < -0.4 is 10.6 Å². The first-order chi connectivity index (χ1) is 11.5. The van der Waals surface area contributed by atoms with Crippen LogP contribution in [0.2, 0.25) is 0 Å². The minimum atomic E-state index is -0.256. The summed E-state index contributed by atoms with van der Waals surface area (Å²) in [6, 6.07) is 3.27. The van der Waals surface area contributed by atoms with Crippen LogP contribution in [0.4, 0.5) is 0 Å². The number of morpholine rings is 1. The molecule has 0 saturated carbocycles. The van der Waals surface area contributed by atoms with Gasteiger partial charge in [0, 0.05) is 38.1 Å². The third-order valence-corrected chi connectivity index (χ3v) is 4.20. The number of nitrogens with zero attached hydrogens (tertiary/aromatic N) is 1. The molecule has 24 heavy (non-hydrogen) atoms. The van der Waals surface area contributed by atoms with Crippen molar-refractivity contribution in [3.63, 3.8) is 0 Å². The fraction of sp³-hybridized carbons (Fsp3) is 0.647. The first kappa shape index (κ1) is 18.5. The van der Waals surface area contributed by atoms with Crippen molar-refractivity contribution in [1.82, 2.24) is 15.5 Å². The van der Waals surface area contributed by atoms with E-state index in [0.29, 0.717) is 25.9 Å². The molecular weight excluding hydrogens is 310 g/mol. The van der Waals surface area contributed by atoms with Gasteiger partial charge in [-0.1, -0.05) is 0 Å². The summed E-state index contributed by atoms with van der Waals surface area (Å²) in [5.74, 6) is 0.0316. The van der Waals surface area contributed by atoms with Crippen LogP contribution in [0.25, 0.3) is 0 Å². The van der Waals surface area contributed by atoms with E-state index in [1.807, 2.05) is 0 Å². The fourth-order valence-electron chi connectivity index (χ4n) is 2.63. The summed E-state index contributed by atoms with van der Waals surface area (Å²) in [5.41, 5.74) is -0.0903. The van der Waals surface area contributed by atoms with Crippen molar-refractivity contribution in [3.05, 3.63) is 24.2 Å². The van der Waals surface area contributed by atoms with Crippen LogP contribution in [0.15, 0.2) is 22.8 Å². The molecule has 7 heteroatoms. The summed E-state index contributed by atoms with van der Waals surface area (Å²) in [4.78, 5) is 26.0. The SMILES string of the molecule is CC(C)(CNC(=O)CCCNC(=O)c1ccco1)N1CCOCC1. The van der Waals surface area contributed by atoms with Crippen LogP contribution in [0.1, 0.15) is 37.2 Å². The van der Waals surface area contributed by atoms with Crippen LogP contribution in [-0.2, 0) is 9.53 Å². The van der Waals surface area contributed by atoms with Gasteiger partial charge < -0.3 is 19.8 Å². The van der Waals surface area contributed by atoms with E-state index >= 15 is 0 Å². The standard InChI is InChI=1S/C17H27N3O4/c1-17(2,20-8-11-23-12-9-20)13-19-15(21)6-3-7-18-16(22)14-5-4-10-24-14/h4-5,10H,3,6-9,11-13H2,1-2H3,(H,18,22)(H,19,21). The van der Waals surface area contributed by atoms with E-state index in [2.05, 4.69) is 29.4 Å². The highest BCUT2D eigenvalue weighted by molar-refractivity contribution is 5.91. The van der Waals surface area contributed by atoms with Crippen molar-refractivity contribution in [1.29, 1.82) is 0 Å². The highest BCUT2D eigenvalue weighted by Gasteiger charge is 2.28. The lowest BCUT2D eigenvalue weighted by atomic mass is 10.0. The van der Waals surface area contributed by atoms with Gasteiger partial charge in [0.2, 0.25) is 5.91 Å². The molecule has 2 amide bonds. The van der Waals surface area contributed by atoms with Crippen molar-refractivity contribution >= 4 is 11.8 Å². The quantitative estimate of drug-likeness (QED) is 0.692. The Balaban J connectivity index is 1.60. The van der Waals surface area contributed by atoms with Gasteiger partial charge in [-0.05, 0) is 32.4 Å². The Morgan fingerprint density at radius 1 is 1.25 bits per heavy atom. The molecule has 0 radical (unpaired) electrons. The van der Waals surface area contributed by atoms with E-state index < -0.39 is 0 Å². The number of rotatable bonds is 8. The maximum Gasteiger partial charge on any atom is 0.286 e. The molecule has 2 N–H and O–H groups in total. The van der Waals surface area contributed by atoms with Crippen LogP contribution in [0.5, 0.6) is 0 Å². The van der Waals surface area contributed by atoms with Crippen LogP contribution in [0.3, 0.4) is 0 Å². The van der Waals surface area contributed by atoms with Gasteiger partial charge in [-0.3, -0.25) is 14.5 Å². The van der Waals surface area contributed by atoms with E-state index in [9.17, 15) is 9.59 Å². The zero-order chi connectivity index (χ0) is 17.4. The lowest BCUT2D eigenvalue weighted by Gasteiger charge is -2.40. The van der Waals surface area contributed by atoms with Gasteiger partial charge in [0.25, 0.3) is 5.91 Å². The van der Waals surface area contributed by atoms with Crippen molar-refractivity contribution < 1.29 is 18.7 Å². The zero-order valence-electron chi connectivity index (χ0n) is 14.5. The molecule has 0 spiro atoms. The normalized spacial score (nSPS) is 15.9. The number of carbonyl (C=O) groups is 2. The predicted molar refractivity (Wildman–Crippen MR) is 89.8 cm³/mol. The molecule has 1 aliphatic rings. The fourth-order valence-corrected chi connectivity index (χ4v) is 2.63. The van der Waals surface area contributed by atoms with Gasteiger partial charge in [0.05, 0.1) is 19.5 Å². The summed E-state index contributed by atoms with van der Waals surface area (Å²) < 4.78 is 10.4. The number of hydrogen-bond donors (Lipinski definition) is 2. The Hall–Kier alpha value is -1.86. The number of nitrogens with one attached hydrogen (secondary N) is 2. The summed E-state index contributed by atoms with van der Waals surface area (Å²) in [6.07, 6.45) is 2.44. The van der Waals surface area contributed by atoms with Crippen molar-refractivity contribution in [3.8, 4) is 0 Å². The molecule has 0 aromatic carbocycles. The minimum Gasteiger partial charge on any atom is -0.459 e. The average molecular weight is 337 g/mol. The first-order valence-electron chi connectivity index (χ1n) is 8.40. The minimum absolute atomic E-state index is 0.00332. The summed E-state index contributed by atoms with van der Waals surface area (Å²) >= 11 is 0. The molecule has 1 aliphatic heterocycles. The number of amides is 2. The molecule has 2 rings (SSSR count). The van der Waals surface area contributed by atoms with E-state index in [4.69, 9.17) is 9.15 Å². The molecule has 0 aliphatic carbocycles. The van der Waals surface area contributed by atoms with E-state index in [1.54, 1.807) is 12.1 Å². The van der Waals surface area contributed by atoms with Crippen LogP contribution in [0, 0.1) is 0 Å². The largest absolute Gasteiger partial charge is 0.459 e. The maximum absolute atomic E-state index is 12.0. The third-order valence-electron chi connectivity index (χ3n) is 4.20. The third kappa shape index (κ3) is 5.65. The summed E-state index contributed by atoms with van der Waals surface area (Å²) in [7, 11) is 0. The molecule has 0 bridgehead atoms.